The molecule has 1 fully saturated rings. The Balaban J connectivity index is 1.48. The molecule has 0 spiro atoms. The van der Waals surface area contributed by atoms with E-state index >= 15 is 0 Å². The number of carboxylic acid groups (broad SMARTS) is 1. The number of para-hydroxylation sites is 1. The van der Waals surface area contributed by atoms with E-state index in [1.165, 1.54) is 18.4 Å². The molecular weight excluding hydrogens is 532 g/mol. The lowest BCUT2D eigenvalue weighted by molar-refractivity contribution is 0.0384. The molecule has 0 amide bonds. The molecule has 0 aliphatic carbocycles. The number of nitrogens with one attached hydrogen (secondary N) is 1. The van der Waals surface area contributed by atoms with Crippen LogP contribution in [-0.2, 0) is 14.6 Å². The molecule has 3 aromatic carbocycles. The number of nitrogens with zero attached hydrogens (tertiary/aromatic N) is 1. The Morgan fingerprint density at radius 2 is 1.82 bits per heavy atom. The van der Waals surface area contributed by atoms with Crippen LogP contribution in [0.4, 0.5) is 11.6 Å². The summed E-state index contributed by atoms with van der Waals surface area (Å²) in [6, 6.07) is 18.1. The molecule has 1 aliphatic rings. The van der Waals surface area contributed by atoms with Crippen molar-refractivity contribution in [3.8, 4) is 0 Å². The van der Waals surface area contributed by atoms with Gasteiger partial charge in [0, 0.05) is 30.1 Å². The van der Waals surface area contributed by atoms with Crippen LogP contribution < -0.4 is 15.6 Å². The van der Waals surface area contributed by atoms with Crippen LogP contribution in [0.2, 0.25) is 0 Å². The Kier molecular flexibility index (Phi) is 7.39. The second-order valence-electron chi connectivity index (χ2n) is 10.0. The van der Waals surface area contributed by atoms with Crippen molar-refractivity contribution in [3.05, 3.63) is 99.2 Å². The lowest BCUT2D eigenvalue weighted by atomic mass is 10.0. The van der Waals surface area contributed by atoms with Crippen molar-refractivity contribution in [2.75, 3.05) is 36.2 Å². The van der Waals surface area contributed by atoms with Gasteiger partial charge in [-0.15, -0.1) is 0 Å². The van der Waals surface area contributed by atoms with Gasteiger partial charge in [0.2, 0.25) is 0 Å². The van der Waals surface area contributed by atoms with E-state index in [0.717, 1.165) is 16.7 Å². The van der Waals surface area contributed by atoms with E-state index in [0.29, 0.717) is 42.2 Å². The molecule has 0 radical (unpaired) electrons. The van der Waals surface area contributed by atoms with Gasteiger partial charge >= 0.3 is 5.97 Å². The molecule has 40 heavy (non-hydrogen) atoms. The predicted octanol–water partition coefficient (Wildman–Crippen LogP) is 4.95. The number of hydrogen-bond donors (Lipinski definition) is 2. The Morgan fingerprint density at radius 1 is 1.10 bits per heavy atom. The topological polar surface area (TPSA) is 126 Å². The zero-order chi connectivity index (χ0) is 28.6. The minimum atomic E-state index is -3.31. The third-order valence-electron chi connectivity index (χ3n) is 7.04. The maximum Gasteiger partial charge on any atom is 0.337 e. The van der Waals surface area contributed by atoms with Gasteiger partial charge in [0.25, 0.3) is 0 Å². The summed E-state index contributed by atoms with van der Waals surface area (Å²) in [5, 5.41) is 13.3. The summed E-state index contributed by atoms with van der Waals surface area (Å²) in [6.45, 7) is 5.10. The van der Waals surface area contributed by atoms with E-state index in [4.69, 9.17) is 9.15 Å². The highest BCUT2D eigenvalue weighted by Crippen LogP contribution is 2.32. The number of aryl methyl sites for hydroxylation is 1. The van der Waals surface area contributed by atoms with Crippen LogP contribution in [0.25, 0.3) is 11.0 Å². The Labute approximate surface area is 231 Å². The van der Waals surface area contributed by atoms with Crippen molar-refractivity contribution < 1.29 is 27.5 Å². The van der Waals surface area contributed by atoms with Gasteiger partial charge in [-0.1, -0.05) is 30.3 Å². The lowest BCUT2D eigenvalue weighted by Gasteiger charge is -2.33. The molecule has 2 N–H and O–H groups in total. The number of benzene rings is 3. The number of sulfone groups is 1. The Hall–Kier alpha value is -4.15. The third kappa shape index (κ3) is 5.59. The lowest BCUT2D eigenvalue weighted by Crippen LogP contribution is -2.38. The van der Waals surface area contributed by atoms with Gasteiger partial charge in [-0.3, -0.25) is 4.79 Å². The van der Waals surface area contributed by atoms with Crippen LogP contribution in [0, 0.1) is 6.92 Å². The number of morpholine rings is 1. The number of carboxylic acids is 1. The molecule has 10 heteroatoms. The van der Waals surface area contributed by atoms with Crippen LogP contribution in [0.3, 0.4) is 0 Å². The smallest absolute Gasteiger partial charge is 0.337 e. The van der Waals surface area contributed by atoms with Gasteiger partial charge in [-0.25, -0.2) is 13.2 Å². The molecular formula is C30H30N2O7S. The fraction of sp³-hybridized carbons (Fsp3) is 0.267. The zero-order valence-corrected chi connectivity index (χ0v) is 23.2. The Morgan fingerprint density at radius 3 is 2.52 bits per heavy atom. The van der Waals surface area contributed by atoms with Gasteiger partial charge in [0.15, 0.2) is 21.2 Å². The van der Waals surface area contributed by atoms with Crippen molar-refractivity contribution in [1.82, 2.24) is 0 Å². The molecule has 1 aliphatic heterocycles. The summed E-state index contributed by atoms with van der Waals surface area (Å²) in [7, 11) is -3.31. The SMILES string of the molecule is Cc1cc(C(C)Nc2ccccc2C(=O)O)c2oc(N3CCOC(c4ccc(S(C)(=O)=O)cc4)C3)cc(=O)c2c1. The largest absolute Gasteiger partial charge is 0.478 e. The summed E-state index contributed by atoms with van der Waals surface area (Å²) in [6.07, 6.45) is 0.827. The monoisotopic (exact) mass is 562 g/mol. The average Bonchev–Trinajstić information content (AvgIpc) is 2.93. The summed E-state index contributed by atoms with van der Waals surface area (Å²) in [5.41, 5.74) is 3.31. The van der Waals surface area contributed by atoms with Gasteiger partial charge in [0.05, 0.1) is 35.0 Å². The second kappa shape index (κ2) is 10.8. The minimum absolute atomic E-state index is 0.150. The normalized spacial score (nSPS) is 16.6. The number of anilines is 2. The number of carbonyl (C=O) groups is 1. The number of ether oxygens (including phenoxy) is 1. The van der Waals surface area contributed by atoms with Crippen molar-refractivity contribution in [3.63, 3.8) is 0 Å². The van der Waals surface area contributed by atoms with Crippen LogP contribution in [0.5, 0.6) is 0 Å². The van der Waals surface area contributed by atoms with Gasteiger partial charge in [-0.05, 0) is 55.3 Å². The van der Waals surface area contributed by atoms with Gasteiger partial charge < -0.3 is 24.5 Å². The van der Waals surface area contributed by atoms with E-state index < -0.39 is 15.8 Å². The fourth-order valence-electron chi connectivity index (χ4n) is 4.99. The Bertz CT molecular complexity index is 1750. The van der Waals surface area contributed by atoms with Crippen molar-refractivity contribution in [1.29, 1.82) is 0 Å². The van der Waals surface area contributed by atoms with E-state index in [2.05, 4.69) is 5.32 Å². The predicted molar refractivity (Wildman–Crippen MR) is 153 cm³/mol. The van der Waals surface area contributed by atoms with Crippen LogP contribution in [0.15, 0.2) is 80.8 Å². The zero-order valence-electron chi connectivity index (χ0n) is 22.4. The number of hydrogen-bond acceptors (Lipinski definition) is 8. The first-order chi connectivity index (χ1) is 19.0. The maximum absolute atomic E-state index is 13.3. The molecule has 1 saturated heterocycles. The summed E-state index contributed by atoms with van der Waals surface area (Å²) in [5.74, 6) is -0.632. The van der Waals surface area contributed by atoms with Gasteiger partial charge in [0.1, 0.15) is 11.7 Å². The van der Waals surface area contributed by atoms with E-state index in [-0.39, 0.29) is 28.0 Å². The number of fused-ring (bicyclic) bond motifs is 1. The molecule has 208 valence electrons. The first-order valence-corrected chi connectivity index (χ1v) is 14.7. The standard InChI is InChI=1S/C30H30N2O7S/c1-18-14-23(19(2)31-25-7-5-4-6-22(25)30(34)35)29-24(15-18)26(33)16-28(39-29)32-12-13-38-27(17-32)20-8-10-21(11-9-20)40(3,36)37/h4-11,14-16,19,27,31H,12-13,17H2,1-3H3,(H,34,35). The second-order valence-corrected chi connectivity index (χ2v) is 12.1. The van der Waals surface area contributed by atoms with Crippen LogP contribution >= 0.6 is 0 Å². The average molecular weight is 563 g/mol. The number of rotatable bonds is 7. The van der Waals surface area contributed by atoms with E-state index in [1.54, 1.807) is 48.5 Å². The quantitative estimate of drug-likeness (QED) is 0.322. The van der Waals surface area contributed by atoms with Gasteiger partial charge in [-0.2, -0.15) is 0 Å². The molecule has 1 aromatic heterocycles. The molecule has 5 rings (SSSR count). The number of aromatic carboxylic acids is 1. The van der Waals surface area contributed by atoms with E-state index in [9.17, 15) is 23.1 Å². The van der Waals surface area contributed by atoms with Crippen LogP contribution in [-0.4, -0.2) is 45.4 Å². The first-order valence-electron chi connectivity index (χ1n) is 12.8. The third-order valence-corrected chi connectivity index (χ3v) is 8.17. The highest BCUT2D eigenvalue weighted by atomic mass is 32.2. The molecule has 2 atom stereocenters. The highest BCUT2D eigenvalue weighted by molar-refractivity contribution is 7.90. The first kappa shape index (κ1) is 27.4. The minimum Gasteiger partial charge on any atom is -0.478 e. The molecule has 0 bridgehead atoms. The molecule has 2 unspecified atom stereocenters. The highest BCUT2D eigenvalue weighted by Gasteiger charge is 2.26. The van der Waals surface area contributed by atoms with Crippen molar-refractivity contribution in [2.24, 2.45) is 0 Å². The molecule has 0 saturated carbocycles. The van der Waals surface area contributed by atoms with Crippen molar-refractivity contribution >= 4 is 38.3 Å². The summed E-state index contributed by atoms with van der Waals surface area (Å²) < 4.78 is 36.0. The van der Waals surface area contributed by atoms with E-state index in [1.807, 2.05) is 24.8 Å². The molecule has 9 nitrogen and oxygen atoms in total. The maximum atomic E-state index is 13.3. The molecule has 2 heterocycles. The molecule has 4 aromatic rings. The van der Waals surface area contributed by atoms with Crippen LogP contribution in [0.1, 0.15) is 46.1 Å². The fourth-order valence-corrected chi connectivity index (χ4v) is 5.62. The van der Waals surface area contributed by atoms with Crippen molar-refractivity contribution in [2.45, 2.75) is 30.9 Å². The summed E-state index contributed by atoms with van der Waals surface area (Å²) in [4.78, 5) is 27.2. The summed E-state index contributed by atoms with van der Waals surface area (Å²) >= 11 is 0.